The molecular weight excluding hydrogens is 339 g/mol. The molecule has 82 valence electrons. The molecule has 1 aromatic carbocycles. The molecule has 0 saturated heterocycles. The van der Waals surface area contributed by atoms with E-state index >= 15 is 0 Å². The summed E-state index contributed by atoms with van der Waals surface area (Å²) in [5, 5.41) is 0. The largest absolute Gasteiger partial charge is 1.00 e. The van der Waals surface area contributed by atoms with Crippen LogP contribution in [-0.2, 0) is 0 Å². The zero-order valence-corrected chi connectivity index (χ0v) is 22.1. The fourth-order valence-corrected chi connectivity index (χ4v) is 1.14. The molecule has 0 aliphatic rings. The van der Waals surface area contributed by atoms with Crippen LogP contribution >= 0.6 is 0 Å². The molecule has 0 heterocycles. The first-order valence-electron chi connectivity index (χ1n) is 4.32. The molecule has 0 aromatic heterocycles. The Morgan fingerprint density at radius 3 is 0.938 bits per heavy atom. The van der Waals surface area contributed by atoms with Crippen molar-refractivity contribution in [2.45, 2.75) is 27.7 Å². The van der Waals surface area contributed by atoms with Gasteiger partial charge in [0.25, 0.3) is 0 Å². The van der Waals surface area contributed by atoms with Gasteiger partial charge in [0.2, 0.25) is 0 Å². The van der Waals surface area contributed by atoms with E-state index in [1.165, 1.54) is 23.0 Å². The molecule has 16 heavy (non-hydrogen) atoms. The van der Waals surface area contributed by atoms with Gasteiger partial charge in [-0.25, -0.2) is 35.4 Å². The van der Waals surface area contributed by atoms with Gasteiger partial charge in [-0.2, -0.15) is 11.8 Å². The van der Waals surface area contributed by atoms with E-state index in [1.807, 2.05) is 0 Å². The van der Waals surface area contributed by atoms with E-state index in [0.29, 0.717) is 0 Å². The summed E-state index contributed by atoms with van der Waals surface area (Å²) in [6.45, 7) is 8.55. The van der Waals surface area contributed by atoms with Crippen LogP contribution in [0.3, 0.4) is 0 Å². The maximum atomic E-state index is 2.18. The summed E-state index contributed by atoms with van der Waals surface area (Å²) in [6, 6.07) is 8.71. The molecule has 0 N–H and O–H groups in total. The van der Waals surface area contributed by atoms with Crippen LogP contribution in [0.2, 0.25) is 0 Å². The minimum absolute atomic E-state index is 0. The summed E-state index contributed by atoms with van der Waals surface area (Å²) >= 11 is 0. The van der Waals surface area contributed by atoms with Gasteiger partial charge in [0.15, 0.2) is 0 Å². The third-order valence-electron chi connectivity index (χ3n) is 2.04. The molecule has 0 atom stereocenters. The summed E-state index contributed by atoms with van der Waals surface area (Å²) in [5.74, 6) is 2.74. The normalized spacial score (nSPS) is 7.25. The molecule has 0 unspecified atom stereocenters. The zero-order chi connectivity index (χ0) is 9.14. The van der Waals surface area contributed by atoms with Crippen molar-refractivity contribution in [2.24, 2.45) is 0 Å². The third-order valence-corrected chi connectivity index (χ3v) is 2.04. The summed E-state index contributed by atoms with van der Waals surface area (Å²) in [5.41, 5.74) is 2.67. The summed E-state index contributed by atoms with van der Waals surface area (Å²) in [7, 11) is 0. The minimum atomic E-state index is 0. The zero-order valence-electron chi connectivity index (χ0n) is 12.3. The molecule has 0 saturated carbocycles. The fourth-order valence-electron chi connectivity index (χ4n) is 1.14. The van der Waals surface area contributed by atoms with E-state index in [-0.39, 0.29) is 131 Å². The van der Waals surface area contributed by atoms with E-state index < -0.39 is 0 Å². The molecular formula is C14H22Rb2-2. The van der Waals surface area contributed by atoms with E-state index in [2.05, 4.69) is 52.0 Å². The first kappa shape index (κ1) is 27.0. The van der Waals surface area contributed by atoms with Gasteiger partial charge in [-0.3, -0.25) is 0 Å². The van der Waals surface area contributed by atoms with Gasteiger partial charge in [0, 0.05) is 0 Å². The summed E-state index contributed by atoms with van der Waals surface area (Å²) in [4.78, 5) is 0. The monoisotopic (exact) mass is 360 g/mol. The van der Waals surface area contributed by atoms with Crippen molar-refractivity contribution in [1.29, 1.82) is 0 Å². The molecule has 1 rings (SSSR count). The van der Waals surface area contributed by atoms with Crippen molar-refractivity contribution in [3.63, 3.8) is 0 Å². The third kappa shape index (κ3) is 9.49. The first-order valence-corrected chi connectivity index (χ1v) is 4.32. The van der Waals surface area contributed by atoms with Gasteiger partial charge in [-0.05, 0) is 0 Å². The van der Waals surface area contributed by atoms with Crippen molar-refractivity contribution in [1.82, 2.24) is 0 Å². The molecule has 2 heteroatoms. The molecule has 0 spiro atoms. The molecule has 0 aliphatic heterocycles. The standard InChI is InChI=1S/C12H16.2CH3.2Rb/c1-9(2)11-5-7-12(8-6-11)10(3)4;;;;/h5-8H,1-4H3;2*1H3;;/q-2;2*-1;2*+1. The van der Waals surface area contributed by atoms with Crippen LogP contribution in [0.5, 0.6) is 0 Å². The van der Waals surface area contributed by atoms with E-state index in [0.717, 1.165) is 0 Å². The quantitative estimate of drug-likeness (QED) is 0.564. The SMILES string of the molecule is C[C-](C)c1ccc([C-](C)C)cc1.[CH3-].[CH3-].[Rb+].[Rb+]. The van der Waals surface area contributed by atoms with E-state index in [1.54, 1.807) is 0 Å². The Bertz CT molecular complexity index is 210. The van der Waals surface area contributed by atoms with Crippen molar-refractivity contribution in [3.05, 3.63) is 62.1 Å². The van der Waals surface area contributed by atoms with Crippen molar-refractivity contribution >= 4 is 0 Å². The first-order chi connectivity index (χ1) is 5.61. The number of hydrogen-bond donors (Lipinski definition) is 0. The van der Waals surface area contributed by atoms with Crippen molar-refractivity contribution in [2.75, 3.05) is 0 Å². The average Bonchev–Trinajstić information content (AvgIpc) is 2.04. The second-order valence-corrected chi connectivity index (χ2v) is 3.58. The van der Waals surface area contributed by atoms with Crippen LogP contribution in [0.1, 0.15) is 38.8 Å². The Hall–Kier alpha value is 2.57. The van der Waals surface area contributed by atoms with Crippen LogP contribution in [0.15, 0.2) is 24.3 Å². The second kappa shape index (κ2) is 14.0. The predicted molar refractivity (Wildman–Crippen MR) is 66.7 cm³/mol. The van der Waals surface area contributed by atoms with Crippen LogP contribution in [0.25, 0.3) is 0 Å². The van der Waals surface area contributed by atoms with E-state index in [4.69, 9.17) is 0 Å². The van der Waals surface area contributed by atoms with Gasteiger partial charge < -0.3 is 14.9 Å². The van der Waals surface area contributed by atoms with Crippen molar-refractivity contribution in [3.8, 4) is 0 Å². The van der Waals surface area contributed by atoms with Crippen LogP contribution < -0.4 is 116 Å². The Morgan fingerprint density at radius 2 is 0.812 bits per heavy atom. The Kier molecular flexibility index (Phi) is 23.6. The smallest absolute Gasteiger partial charge is 0.358 e. The average molecular weight is 361 g/mol. The van der Waals surface area contributed by atoms with Gasteiger partial charge >= 0.3 is 116 Å². The Morgan fingerprint density at radius 1 is 0.625 bits per heavy atom. The number of rotatable bonds is 2. The van der Waals surface area contributed by atoms with Gasteiger partial charge in [-0.15, -0.1) is 0 Å². The Labute approximate surface area is 201 Å². The minimum Gasteiger partial charge on any atom is -0.358 e. The topological polar surface area (TPSA) is 0 Å². The maximum Gasteiger partial charge on any atom is 1.00 e. The fraction of sp³-hybridized carbons (Fsp3) is 0.286. The molecule has 0 nitrogen and oxygen atoms in total. The molecule has 0 fully saturated rings. The summed E-state index contributed by atoms with van der Waals surface area (Å²) in [6.07, 6.45) is 0. The number of hydrogen-bond acceptors (Lipinski definition) is 0. The maximum absolute atomic E-state index is 2.18. The molecule has 0 aliphatic carbocycles. The van der Waals surface area contributed by atoms with E-state index in [9.17, 15) is 0 Å². The second-order valence-electron chi connectivity index (χ2n) is 3.58. The Balaban J connectivity index is -0.000000180. The van der Waals surface area contributed by atoms with Crippen molar-refractivity contribution < 1.29 is 116 Å². The van der Waals surface area contributed by atoms with Gasteiger partial charge in [0.05, 0.1) is 0 Å². The predicted octanol–water partition coefficient (Wildman–Crippen LogP) is -1.48. The van der Waals surface area contributed by atoms with Gasteiger partial charge in [0.1, 0.15) is 0 Å². The molecule has 0 amide bonds. The van der Waals surface area contributed by atoms with Crippen LogP contribution in [-0.4, -0.2) is 0 Å². The molecule has 0 radical (unpaired) electrons. The molecule has 1 aromatic rings. The number of benzene rings is 1. The molecule has 0 bridgehead atoms. The van der Waals surface area contributed by atoms with Crippen LogP contribution in [0.4, 0.5) is 0 Å². The van der Waals surface area contributed by atoms with Crippen LogP contribution in [0, 0.1) is 26.7 Å². The summed E-state index contributed by atoms with van der Waals surface area (Å²) < 4.78 is 0. The van der Waals surface area contributed by atoms with Gasteiger partial charge in [-0.1, -0.05) is 27.7 Å².